The van der Waals surface area contributed by atoms with Gasteiger partial charge in [-0.1, -0.05) is 12.1 Å². The van der Waals surface area contributed by atoms with Crippen LogP contribution in [0.15, 0.2) is 47.6 Å². The molecule has 0 bridgehead atoms. The number of fused-ring (bicyclic) bond motifs is 1. The molecule has 1 aromatic heterocycles. The van der Waals surface area contributed by atoms with E-state index < -0.39 is 21.2 Å². The average molecular weight is 403 g/mol. The maximum absolute atomic E-state index is 12.8. The molecule has 1 fully saturated rings. The summed E-state index contributed by atoms with van der Waals surface area (Å²) in [5.74, 6) is 1.10. The van der Waals surface area contributed by atoms with Gasteiger partial charge in [-0.25, -0.2) is 13.4 Å². The van der Waals surface area contributed by atoms with E-state index in [9.17, 15) is 8.42 Å². The summed E-state index contributed by atoms with van der Waals surface area (Å²) in [4.78, 5) is 6.47. The highest BCUT2D eigenvalue weighted by molar-refractivity contribution is 7.92. The van der Waals surface area contributed by atoms with E-state index in [-0.39, 0.29) is 5.03 Å². The molecule has 0 radical (unpaired) electrons. The van der Waals surface area contributed by atoms with Crippen LogP contribution in [-0.4, -0.2) is 49.8 Å². The van der Waals surface area contributed by atoms with E-state index in [1.165, 1.54) is 32.1 Å². The summed E-state index contributed by atoms with van der Waals surface area (Å²) in [6, 6.07) is 10.9. The summed E-state index contributed by atoms with van der Waals surface area (Å²) in [6.07, 6.45) is 4.53. The number of likely N-dealkylation sites (tertiary alicyclic amines) is 1. The molecule has 0 spiro atoms. The molecule has 0 saturated carbocycles. The Balaban J connectivity index is 1.39. The number of rotatable bonds is 6. The molecule has 28 heavy (non-hydrogen) atoms. The lowest BCUT2D eigenvalue weighted by atomic mass is 10.1. The zero-order valence-electron chi connectivity index (χ0n) is 16.1. The first-order valence-corrected chi connectivity index (χ1v) is 11.4. The van der Waals surface area contributed by atoms with Crippen molar-refractivity contribution in [3.05, 3.63) is 48.2 Å². The first-order valence-electron chi connectivity index (χ1n) is 9.86. The Morgan fingerprint density at radius 2 is 1.93 bits per heavy atom. The van der Waals surface area contributed by atoms with Gasteiger partial charge in [-0.2, -0.15) is 0 Å². The first kappa shape index (κ1) is 19.2. The SMILES string of the molecule is CC1C(c2ccc(OCCCN3CCCC3)cc2)Oc2cccnc2S1(=O)=O. The van der Waals surface area contributed by atoms with Gasteiger partial charge >= 0.3 is 0 Å². The van der Waals surface area contributed by atoms with Crippen molar-refractivity contribution in [3.63, 3.8) is 0 Å². The van der Waals surface area contributed by atoms with Crippen LogP contribution < -0.4 is 9.47 Å². The van der Waals surface area contributed by atoms with E-state index >= 15 is 0 Å². The fourth-order valence-corrected chi connectivity index (χ4v) is 5.32. The second-order valence-corrected chi connectivity index (χ2v) is 9.64. The van der Waals surface area contributed by atoms with E-state index in [1.54, 1.807) is 19.1 Å². The molecular formula is C21H26N2O4S. The lowest BCUT2D eigenvalue weighted by molar-refractivity contribution is 0.186. The minimum atomic E-state index is -3.53. The van der Waals surface area contributed by atoms with Crippen LogP contribution in [0.5, 0.6) is 11.5 Å². The summed E-state index contributed by atoms with van der Waals surface area (Å²) in [7, 11) is -3.53. The largest absolute Gasteiger partial charge is 0.494 e. The molecule has 0 aliphatic carbocycles. The van der Waals surface area contributed by atoms with Crippen LogP contribution >= 0.6 is 0 Å². The zero-order valence-corrected chi connectivity index (χ0v) is 16.9. The topological polar surface area (TPSA) is 68.7 Å². The van der Waals surface area contributed by atoms with E-state index in [1.807, 2.05) is 24.3 Å². The number of aromatic nitrogens is 1. The minimum absolute atomic E-state index is 0.0247. The molecule has 2 atom stereocenters. The predicted molar refractivity (Wildman–Crippen MR) is 106 cm³/mol. The van der Waals surface area contributed by atoms with Gasteiger partial charge in [0.1, 0.15) is 17.1 Å². The Morgan fingerprint density at radius 1 is 1.18 bits per heavy atom. The molecule has 7 heteroatoms. The summed E-state index contributed by atoms with van der Waals surface area (Å²) in [6.45, 7) is 5.84. The van der Waals surface area contributed by atoms with Crippen LogP contribution in [0.2, 0.25) is 0 Å². The third kappa shape index (κ3) is 3.86. The van der Waals surface area contributed by atoms with Crippen molar-refractivity contribution in [1.29, 1.82) is 0 Å². The monoisotopic (exact) mass is 402 g/mol. The molecule has 2 aromatic rings. The summed E-state index contributed by atoms with van der Waals surface area (Å²) < 4.78 is 37.3. The van der Waals surface area contributed by atoms with E-state index in [0.29, 0.717) is 12.4 Å². The van der Waals surface area contributed by atoms with Crippen LogP contribution in [-0.2, 0) is 9.84 Å². The molecule has 4 rings (SSSR count). The van der Waals surface area contributed by atoms with Gasteiger partial charge in [0.2, 0.25) is 9.84 Å². The van der Waals surface area contributed by atoms with Gasteiger partial charge in [0, 0.05) is 12.7 Å². The van der Waals surface area contributed by atoms with Crippen LogP contribution in [0.1, 0.15) is 37.9 Å². The highest BCUT2D eigenvalue weighted by atomic mass is 32.2. The first-order chi connectivity index (χ1) is 13.6. The van der Waals surface area contributed by atoms with Crippen LogP contribution in [0.3, 0.4) is 0 Å². The van der Waals surface area contributed by atoms with Crippen molar-refractivity contribution >= 4 is 9.84 Å². The molecule has 2 aliphatic heterocycles. The van der Waals surface area contributed by atoms with Crippen molar-refractivity contribution in [2.24, 2.45) is 0 Å². The molecule has 0 N–H and O–H groups in total. The number of ether oxygens (including phenoxy) is 2. The summed E-state index contributed by atoms with van der Waals surface area (Å²) in [5.41, 5.74) is 0.815. The number of pyridine rings is 1. The van der Waals surface area contributed by atoms with Gasteiger partial charge in [-0.05, 0) is 69.1 Å². The Bertz CT molecular complexity index is 908. The van der Waals surface area contributed by atoms with Crippen LogP contribution in [0, 0.1) is 0 Å². The second-order valence-electron chi connectivity index (χ2n) is 7.42. The Kier molecular flexibility index (Phi) is 5.55. The normalized spacial score (nSPS) is 23.8. The highest BCUT2D eigenvalue weighted by Crippen LogP contribution is 2.39. The van der Waals surface area contributed by atoms with Crippen molar-refractivity contribution in [1.82, 2.24) is 9.88 Å². The van der Waals surface area contributed by atoms with Gasteiger partial charge in [0.25, 0.3) is 0 Å². The standard InChI is InChI=1S/C21H26N2O4S/c1-16-20(27-19-6-4-11-22-21(19)28(16,24)25)17-7-9-18(10-8-17)26-15-5-14-23-12-2-3-13-23/h4,6-11,16,20H,2-3,5,12-15H2,1H3. The van der Waals surface area contributed by atoms with E-state index in [4.69, 9.17) is 9.47 Å². The third-order valence-corrected chi connectivity index (χ3v) is 7.54. The maximum atomic E-state index is 12.8. The Hall–Kier alpha value is -2.12. The Labute approximate surface area is 166 Å². The number of nitrogens with zero attached hydrogens (tertiary/aromatic N) is 2. The third-order valence-electron chi connectivity index (χ3n) is 5.47. The fourth-order valence-electron chi connectivity index (χ4n) is 3.83. The fraction of sp³-hybridized carbons (Fsp3) is 0.476. The van der Waals surface area contributed by atoms with Crippen molar-refractivity contribution in [2.45, 2.75) is 42.6 Å². The Morgan fingerprint density at radius 3 is 2.68 bits per heavy atom. The highest BCUT2D eigenvalue weighted by Gasteiger charge is 2.41. The van der Waals surface area contributed by atoms with Gasteiger partial charge in [0.15, 0.2) is 10.8 Å². The maximum Gasteiger partial charge on any atom is 0.205 e. The van der Waals surface area contributed by atoms with Crippen molar-refractivity contribution in [2.75, 3.05) is 26.2 Å². The number of benzene rings is 1. The number of sulfone groups is 1. The van der Waals surface area contributed by atoms with Crippen LogP contribution in [0.25, 0.3) is 0 Å². The minimum Gasteiger partial charge on any atom is -0.494 e. The number of hydrogen-bond acceptors (Lipinski definition) is 6. The molecule has 150 valence electrons. The van der Waals surface area contributed by atoms with Gasteiger partial charge in [-0.3, -0.25) is 0 Å². The van der Waals surface area contributed by atoms with Crippen molar-refractivity contribution < 1.29 is 17.9 Å². The van der Waals surface area contributed by atoms with Crippen LogP contribution in [0.4, 0.5) is 0 Å². The lowest BCUT2D eigenvalue weighted by Gasteiger charge is -2.30. The molecule has 3 heterocycles. The van der Waals surface area contributed by atoms with Gasteiger partial charge in [0.05, 0.1) is 6.61 Å². The molecule has 2 unspecified atom stereocenters. The molecule has 1 aromatic carbocycles. The van der Waals surface area contributed by atoms with Gasteiger partial charge < -0.3 is 14.4 Å². The molecule has 0 amide bonds. The zero-order chi connectivity index (χ0) is 19.6. The van der Waals surface area contributed by atoms with Crippen molar-refractivity contribution in [3.8, 4) is 11.5 Å². The predicted octanol–water partition coefficient (Wildman–Crippen LogP) is 3.24. The molecule has 1 saturated heterocycles. The molecule has 2 aliphatic rings. The second kappa shape index (κ2) is 8.09. The molecular weight excluding hydrogens is 376 g/mol. The summed E-state index contributed by atoms with van der Waals surface area (Å²) in [5, 5.41) is -0.682. The number of hydrogen-bond donors (Lipinski definition) is 0. The van der Waals surface area contributed by atoms with E-state index in [0.717, 1.165) is 24.3 Å². The molecule has 6 nitrogen and oxygen atoms in total. The smallest absolute Gasteiger partial charge is 0.205 e. The van der Waals surface area contributed by atoms with E-state index in [2.05, 4.69) is 9.88 Å². The lowest BCUT2D eigenvalue weighted by Crippen LogP contribution is -2.34. The average Bonchev–Trinajstić information content (AvgIpc) is 3.22. The summed E-state index contributed by atoms with van der Waals surface area (Å²) >= 11 is 0. The van der Waals surface area contributed by atoms with Gasteiger partial charge in [-0.15, -0.1) is 0 Å². The quantitative estimate of drug-likeness (QED) is 0.691.